The van der Waals surface area contributed by atoms with Gasteiger partial charge < -0.3 is 14.7 Å². The Hall–Kier alpha value is -2.33. The van der Waals surface area contributed by atoms with E-state index in [1.807, 2.05) is 35.2 Å². The molecule has 2 heterocycles. The molecule has 0 radical (unpaired) electrons. The molecule has 130 valence electrons. The maximum Gasteiger partial charge on any atom is 0.254 e. The van der Waals surface area contributed by atoms with Gasteiger partial charge in [-0.25, -0.2) is 0 Å². The number of carbonyl (C=O) groups is 1. The van der Waals surface area contributed by atoms with Crippen molar-refractivity contribution >= 4 is 11.6 Å². The second kappa shape index (κ2) is 6.89. The lowest BCUT2D eigenvalue weighted by atomic mass is 9.96. The second-order valence-electron chi connectivity index (χ2n) is 7.05. The number of hydrogen-bond donors (Lipinski definition) is 0. The highest BCUT2D eigenvalue weighted by Crippen LogP contribution is 2.30. The standard InChI is InChI=1S/C21H25N3O/c1-22-12-14-23(15-13-22)20-9-5-8-18-16-24(11-10-19(18)20)21(25)17-6-3-2-4-7-17/h2-9H,10-16H2,1H3. The van der Waals surface area contributed by atoms with Crippen LogP contribution >= 0.6 is 0 Å². The highest BCUT2D eigenvalue weighted by atomic mass is 16.2. The Balaban J connectivity index is 1.54. The van der Waals surface area contributed by atoms with Crippen molar-refractivity contribution < 1.29 is 4.79 Å². The zero-order valence-electron chi connectivity index (χ0n) is 14.8. The van der Waals surface area contributed by atoms with Crippen molar-refractivity contribution in [3.05, 3.63) is 65.2 Å². The predicted molar refractivity (Wildman–Crippen MR) is 101 cm³/mol. The van der Waals surface area contributed by atoms with E-state index in [0.29, 0.717) is 6.54 Å². The summed E-state index contributed by atoms with van der Waals surface area (Å²) in [6.07, 6.45) is 0.941. The third-order valence-corrected chi connectivity index (χ3v) is 5.39. The van der Waals surface area contributed by atoms with Gasteiger partial charge in [-0.15, -0.1) is 0 Å². The fourth-order valence-electron chi connectivity index (χ4n) is 3.87. The molecule has 4 rings (SSSR count). The van der Waals surface area contributed by atoms with E-state index < -0.39 is 0 Å². The van der Waals surface area contributed by atoms with Crippen molar-refractivity contribution in [2.24, 2.45) is 0 Å². The van der Waals surface area contributed by atoms with Gasteiger partial charge in [-0.05, 0) is 42.8 Å². The van der Waals surface area contributed by atoms with Crippen LogP contribution in [-0.4, -0.2) is 55.5 Å². The lowest BCUT2D eigenvalue weighted by Crippen LogP contribution is -2.45. The molecule has 0 aromatic heterocycles. The molecule has 4 heteroatoms. The second-order valence-corrected chi connectivity index (χ2v) is 7.05. The molecule has 2 aliphatic rings. The van der Waals surface area contributed by atoms with Gasteiger partial charge >= 0.3 is 0 Å². The minimum absolute atomic E-state index is 0.135. The summed E-state index contributed by atoms with van der Waals surface area (Å²) in [7, 11) is 2.19. The molecule has 0 saturated carbocycles. The van der Waals surface area contributed by atoms with Gasteiger partial charge in [0, 0.05) is 50.5 Å². The molecule has 0 atom stereocenters. The molecule has 2 aromatic rings. The third-order valence-electron chi connectivity index (χ3n) is 5.39. The van der Waals surface area contributed by atoms with E-state index in [0.717, 1.165) is 44.7 Å². The highest BCUT2D eigenvalue weighted by Gasteiger charge is 2.25. The molecular formula is C21H25N3O. The van der Waals surface area contributed by atoms with Gasteiger partial charge in [0.25, 0.3) is 5.91 Å². The number of benzene rings is 2. The van der Waals surface area contributed by atoms with Crippen LogP contribution in [0.5, 0.6) is 0 Å². The normalized spacial score (nSPS) is 18.1. The molecule has 1 fully saturated rings. The fraction of sp³-hybridized carbons (Fsp3) is 0.381. The number of piperazine rings is 1. The van der Waals surface area contributed by atoms with Crippen LogP contribution in [0.2, 0.25) is 0 Å². The Morgan fingerprint density at radius 2 is 1.64 bits per heavy atom. The first-order valence-corrected chi connectivity index (χ1v) is 9.11. The Morgan fingerprint density at radius 3 is 2.40 bits per heavy atom. The molecule has 0 unspecified atom stereocenters. The third kappa shape index (κ3) is 3.27. The van der Waals surface area contributed by atoms with Crippen LogP contribution in [0.3, 0.4) is 0 Å². The minimum Gasteiger partial charge on any atom is -0.369 e. The Bertz CT molecular complexity index is 751. The SMILES string of the molecule is CN1CCN(c2cccc3c2CCN(C(=O)c2ccccc2)C3)CC1. The van der Waals surface area contributed by atoms with E-state index in [1.165, 1.54) is 16.8 Å². The first-order valence-electron chi connectivity index (χ1n) is 9.11. The number of rotatable bonds is 2. The number of likely N-dealkylation sites (N-methyl/N-ethyl adjacent to an activating group) is 1. The van der Waals surface area contributed by atoms with Crippen molar-refractivity contribution in [1.29, 1.82) is 0 Å². The molecule has 1 amide bonds. The van der Waals surface area contributed by atoms with E-state index >= 15 is 0 Å². The van der Waals surface area contributed by atoms with Crippen LogP contribution in [0.25, 0.3) is 0 Å². The van der Waals surface area contributed by atoms with E-state index in [4.69, 9.17) is 0 Å². The topological polar surface area (TPSA) is 26.8 Å². The lowest BCUT2D eigenvalue weighted by molar-refractivity contribution is 0.0735. The van der Waals surface area contributed by atoms with Crippen LogP contribution in [-0.2, 0) is 13.0 Å². The summed E-state index contributed by atoms with van der Waals surface area (Å²) in [6.45, 7) is 5.90. The van der Waals surface area contributed by atoms with Gasteiger partial charge in [-0.3, -0.25) is 4.79 Å². The maximum absolute atomic E-state index is 12.7. The fourth-order valence-corrected chi connectivity index (χ4v) is 3.87. The van der Waals surface area contributed by atoms with Crippen LogP contribution in [0.1, 0.15) is 21.5 Å². The number of hydrogen-bond acceptors (Lipinski definition) is 3. The average molecular weight is 335 g/mol. The first kappa shape index (κ1) is 16.2. The van der Waals surface area contributed by atoms with Gasteiger partial charge in [0.1, 0.15) is 0 Å². The summed E-state index contributed by atoms with van der Waals surface area (Å²) in [5.74, 6) is 0.135. The summed E-state index contributed by atoms with van der Waals surface area (Å²) in [5.41, 5.74) is 4.88. The number of anilines is 1. The van der Waals surface area contributed by atoms with Gasteiger partial charge in [0.15, 0.2) is 0 Å². The van der Waals surface area contributed by atoms with Gasteiger partial charge in [0.05, 0.1) is 0 Å². The molecule has 0 spiro atoms. The van der Waals surface area contributed by atoms with Crippen molar-refractivity contribution in [3.63, 3.8) is 0 Å². The molecule has 2 aromatic carbocycles. The van der Waals surface area contributed by atoms with Crippen molar-refractivity contribution in [2.75, 3.05) is 44.7 Å². The summed E-state index contributed by atoms with van der Waals surface area (Å²) >= 11 is 0. The number of fused-ring (bicyclic) bond motifs is 1. The number of nitrogens with zero attached hydrogens (tertiary/aromatic N) is 3. The highest BCUT2D eigenvalue weighted by molar-refractivity contribution is 5.94. The summed E-state index contributed by atoms with van der Waals surface area (Å²) < 4.78 is 0. The molecule has 25 heavy (non-hydrogen) atoms. The zero-order valence-corrected chi connectivity index (χ0v) is 14.8. The van der Waals surface area contributed by atoms with Gasteiger partial charge in [0.2, 0.25) is 0 Å². The summed E-state index contributed by atoms with van der Waals surface area (Å²) in [4.78, 5) is 19.6. The largest absolute Gasteiger partial charge is 0.369 e. The molecular weight excluding hydrogens is 310 g/mol. The predicted octanol–water partition coefficient (Wildman–Crippen LogP) is 2.64. The van der Waals surface area contributed by atoms with Crippen LogP contribution in [0, 0.1) is 0 Å². The first-order chi connectivity index (χ1) is 12.2. The maximum atomic E-state index is 12.7. The van der Waals surface area contributed by atoms with Crippen LogP contribution in [0.15, 0.2) is 48.5 Å². The molecule has 4 nitrogen and oxygen atoms in total. The molecule has 1 saturated heterocycles. The molecule has 0 aliphatic carbocycles. The number of carbonyl (C=O) groups excluding carboxylic acids is 1. The smallest absolute Gasteiger partial charge is 0.254 e. The van der Waals surface area contributed by atoms with Crippen LogP contribution in [0.4, 0.5) is 5.69 Å². The van der Waals surface area contributed by atoms with Crippen molar-refractivity contribution in [1.82, 2.24) is 9.80 Å². The van der Waals surface area contributed by atoms with E-state index in [9.17, 15) is 4.79 Å². The van der Waals surface area contributed by atoms with E-state index in [-0.39, 0.29) is 5.91 Å². The quantitative estimate of drug-likeness (QED) is 0.844. The zero-order chi connectivity index (χ0) is 17.2. The molecule has 0 bridgehead atoms. The van der Waals surface area contributed by atoms with E-state index in [1.54, 1.807) is 0 Å². The number of amides is 1. The molecule has 2 aliphatic heterocycles. The van der Waals surface area contributed by atoms with Crippen LogP contribution < -0.4 is 4.90 Å². The lowest BCUT2D eigenvalue weighted by Gasteiger charge is -2.37. The summed E-state index contributed by atoms with van der Waals surface area (Å²) in [6, 6.07) is 16.2. The minimum atomic E-state index is 0.135. The Labute approximate surface area is 149 Å². The Kier molecular flexibility index (Phi) is 4.45. The van der Waals surface area contributed by atoms with Crippen molar-refractivity contribution in [3.8, 4) is 0 Å². The molecule has 0 N–H and O–H groups in total. The van der Waals surface area contributed by atoms with Gasteiger partial charge in [-0.1, -0.05) is 30.3 Å². The monoisotopic (exact) mass is 335 g/mol. The van der Waals surface area contributed by atoms with Crippen molar-refractivity contribution in [2.45, 2.75) is 13.0 Å². The Morgan fingerprint density at radius 1 is 0.880 bits per heavy atom. The van der Waals surface area contributed by atoms with E-state index in [2.05, 4.69) is 35.0 Å². The summed E-state index contributed by atoms with van der Waals surface area (Å²) in [5, 5.41) is 0. The van der Waals surface area contributed by atoms with Gasteiger partial charge in [-0.2, -0.15) is 0 Å². The average Bonchev–Trinajstić information content (AvgIpc) is 2.68.